The fraction of sp³-hybridized carbons (Fsp3) is 0.280. The number of nitrogens with zero attached hydrogens (tertiary/aromatic N) is 2. The molecular weight excluding hydrogens is 464 g/mol. The van der Waals surface area contributed by atoms with Crippen molar-refractivity contribution in [2.75, 3.05) is 11.7 Å². The Morgan fingerprint density at radius 3 is 2.52 bits per heavy atom. The maximum absolute atomic E-state index is 14.5. The lowest BCUT2D eigenvalue weighted by atomic mass is 10.1. The summed E-state index contributed by atoms with van der Waals surface area (Å²) in [6.45, 7) is 0.216. The zero-order valence-corrected chi connectivity index (χ0v) is 19.5. The summed E-state index contributed by atoms with van der Waals surface area (Å²) in [5.41, 5.74) is 1.36. The van der Waals surface area contributed by atoms with Gasteiger partial charge in [-0.2, -0.15) is 0 Å². The summed E-state index contributed by atoms with van der Waals surface area (Å²) in [6, 6.07) is 13.5. The van der Waals surface area contributed by atoms with Crippen molar-refractivity contribution in [2.45, 2.75) is 38.3 Å². The highest BCUT2D eigenvalue weighted by molar-refractivity contribution is 6.40. The van der Waals surface area contributed by atoms with Gasteiger partial charge in [-0.15, -0.1) is 0 Å². The predicted octanol–water partition coefficient (Wildman–Crippen LogP) is 6.86. The van der Waals surface area contributed by atoms with Gasteiger partial charge in [0.25, 0.3) is 0 Å². The average Bonchev–Trinajstić information content (AvgIpc) is 3.33. The lowest BCUT2D eigenvalue weighted by Gasteiger charge is -2.27. The second-order valence-corrected chi connectivity index (χ2v) is 8.66. The molecule has 1 heterocycles. The number of nitrogens with one attached hydrogen (secondary N) is 1. The Labute approximate surface area is 202 Å². The van der Waals surface area contributed by atoms with Gasteiger partial charge in [-0.25, -0.2) is 4.39 Å². The fourth-order valence-electron chi connectivity index (χ4n) is 3.87. The minimum Gasteiger partial charge on any atom is -0.468 e. The normalized spacial score (nSPS) is 13.8. The number of hydrogen-bond acceptors (Lipinski definition) is 4. The van der Waals surface area contributed by atoms with Crippen molar-refractivity contribution < 1.29 is 13.9 Å². The van der Waals surface area contributed by atoms with Crippen LogP contribution in [0, 0.1) is 11.2 Å². The average molecular weight is 488 g/mol. The molecular formula is C25H24Cl2FN3O2. The summed E-state index contributed by atoms with van der Waals surface area (Å²) < 4.78 is 26.0. The van der Waals surface area contributed by atoms with Crippen LogP contribution in [0.3, 0.4) is 0 Å². The monoisotopic (exact) mass is 487 g/mol. The van der Waals surface area contributed by atoms with Crippen molar-refractivity contribution in [3.63, 3.8) is 0 Å². The largest absolute Gasteiger partial charge is 0.468 e. The summed E-state index contributed by atoms with van der Waals surface area (Å²) in [6.07, 6.45) is 7.65. The Hall–Kier alpha value is -2.67. The third-order valence-corrected chi connectivity index (χ3v) is 6.15. The molecule has 172 valence electrons. The zero-order chi connectivity index (χ0) is 23.2. The third kappa shape index (κ3) is 5.82. The molecule has 0 saturated heterocycles. The number of amidine groups is 1. The molecule has 1 aliphatic rings. The molecule has 1 N–H and O–H groups in total. The zero-order valence-electron chi connectivity index (χ0n) is 17.9. The molecule has 0 spiro atoms. The van der Waals surface area contributed by atoms with Crippen molar-refractivity contribution in [3.05, 3.63) is 87.9 Å². The van der Waals surface area contributed by atoms with Gasteiger partial charge in [-0.3, -0.25) is 10.4 Å². The van der Waals surface area contributed by atoms with Gasteiger partial charge >= 0.3 is 0 Å². The lowest BCUT2D eigenvalue weighted by molar-refractivity contribution is -0.0324. The van der Waals surface area contributed by atoms with E-state index in [1.54, 1.807) is 41.3 Å². The summed E-state index contributed by atoms with van der Waals surface area (Å²) >= 11 is 12.8. The molecule has 0 bridgehead atoms. The van der Waals surface area contributed by atoms with Crippen LogP contribution in [0.2, 0.25) is 10.0 Å². The van der Waals surface area contributed by atoms with Gasteiger partial charge < -0.3 is 14.4 Å². The first kappa shape index (κ1) is 23.5. The molecule has 1 aromatic heterocycles. The summed E-state index contributed by atoms with van der Waals surface area (Å²) in [5, 5.41) is 9.46. The highest BCUT2D eigenvalue weighted by Gasteiger charge is 2.22. The first-order valence-corrected chi connectivity index (χ1v) is 11.5. The van der Waals surface area contributed by atoms with E-state index in [0.29, 0.717) is 22.6 Å². The Morgan fingerprint density at radius 2 is 1.79 bits per heavy atom. The van der Waals surface area contributed by atoms with Crippen LogP contribution in [-0.2, 0) is 11.3 Å². The summed E-state index contributed by atoms with van der Waals surface area (Å²) in [7, 11) is 0. The number of benzene rings is 2. The van der Waals surface area contributed by atoms with Crippen molar-refractivity contribution in [1.29, 1.82) is 5.41 Å². The first-order valence-electron chi connectivity index (χ1n) is 10.8. The van der Waals surface area contributed by atoms with Crippen molar-refractivity contribution >= 4 is 34.7 Å². The smallest absolute Gasteiger partial charge is 0.189 e. The van der Waals surface area contributed by atoms with Crippen LogP contribution in [-0.4, -0.2) is 23.7 Å². The van der Waals surface area contributed by atoms with E-state index in [2.05, 4.69) is 4.98 Å². The van der Waals surface area contributed by atoms with E-state index in [0.717, 1.165) is 12.8 Å². The summed E-state index contributed by atoms with van der Waals surface area (Å²) in [5.74, 6) is 0.293. The van der Waals surface area contributed by atoms with Crippen LogP contribution in [0.25, 0.3) is 0 Å². The van der Waals surface area contributed by atoms with E-state index in [9.17, 15) is 4.39 Å². The third-order valence-electron chi connectivity index (χ3n) is 5.59. The van der Waals surface area contributed by atoms with Crippen molar-refractivity contribution in [1.82, 2.24) is 4.98 Å². The van der Waals surface area contributed by atoms with Gasteiger partial charge in [0.15, 0.2) is 6.79 Å². The Balaban J connectivity index is 1.59. The van der Waals surface area contributed by atoms with Gasteiger partial charge in [0, 0.05) is 23.5 Å². The maximum atomic E-state index is 14.5. The highest BCUT2D eigenvalue weighted by atomic mass is 35.5. The Bertz CT molecular complexity index is 1100. The number of pyridine rings is 1. The van der Waals surface area contributed by atoms with Gasteiger partial charge in [-0.1, -0.05) is 66.4 Å². The molecule has 5 nitrogen and oxygen atoms in total. The molecule has 4 rings (SSSR count). The van der Waals surface area contributed by atoms with E-state index in [-0.39, 0.29) is 41.1 Å². The number of rotatable bonds is 8. The van der Waals surface area contributed by atoms with Crippen LogP contribution < -0.4 is 9.64 Å². The number of ether oxygens (including phenoxy) is 2. The molecule has 0 radical (unpaired) electrons. The molecule has 0 unspecified atom stereocenters. The van der Waals surface area contributed by atoms with Crippen LogP contribution in [0.5, 0.6) is 5.75 Å². The minimum absolute atomic E-state index is 0.0604. The highest BCUT2D eigenvalue weighted by Crippen LogP contribution is 2.35. The molecule has 0 amide bonds. The van der Waals surface area contributed by atoms with E-state index in [1.165, 1.54) is 31.3 Å². The molecule has 0 atom stereocenters. The van der Waals surface area contributed by atoms with Crippen LogP contribution in [0.15, 0.2) is 60.9 Å². The molecule has 1 fully saturated rings. The SMILES string of the molecule is N=C(c1cccc(OCOC2CCCC2)c1)N(Cc1ccccc1F)c1c(Cl)cncc1Cl. The molecule has 8 heteroatoms. The van der Waals surface area contributed by atoms with E-state index in [4.69, 9.17) is 38.1 Å². The topological polar surface area (TPSA) is 58.4 Å². The first-order chi connectivity index (χ1) is 16.0. The molecule has 2 aromatic carbocycles. The second kappa shape index (κ2) is 11.0. The Kier molecular flexibility index (Phi) is 7.81. The molecule has 33 heavy (non-hydrogen) atoms. The van der Waals surface area contributed by atoms with E-state index in [1.807, 2.05) is 6.07 Å². The summed E-state index contributed by atoms with van der Waals surface area (Å²) in [4.78, 5) is 5.56. The predicted molar refractivity (Wildman–Crippen MR) is 129 cm³/mol. The van der Waals surface area contributed by atoms with Gasteiger partial charge in [0.1, 0.15) is 17.4 Å². The molecule has 3 aromatic rings. The second-order valence-electron chi connectivity index (χ2n) is 7.84. The van der Waals surface area contributed by atoms with Gasteiger partial charge in [0.05, 0.1) is 28.4 Å². The van der Waals surface area contributed by atoms with Gasteiger partial charge in [-0.05, 0) is 31.0 Å². The number of aromatic nitrogens is 1. The van der Waals surface area contributed by atoms with Gasteiger partial charge in [0.2, 0.25) is 0 Å². The van der Waals surface area contributed by atoms with Crippen LogP contribution in [0.4, 0.5) is 10.1 Å². The van der Waals surface area contributed by atoms with Crippen molar-refractivity contribution in [3.8, 4) is 5.75 Å². The number of hydrogen-bond donors (Lipinski definition) is 1. The maximum Gasteiger partial charge on any atom is 0.189 e. The lowest BCUT2D eigenvalue weighted by Crippen LogP contribution is -2.31. The molecule has 1 aliphatic carbocycles. The molecule has 0 aliphatic heterocycles. The van der Waals surface area contributed by atoms with Crippen LogP contribution in [0.1, 0.15) is 36.8 Å². The Morgan fingerprint density at radius 1 is 1.06 bits per heavy atom. The van der Waals surface area contributed by atoms with E-state index < -0.39 is 0 Å². The standard InChI is InChI=1S/C25H24Cl2FN3O2/c26-21-13-30-14-22(27)24(21)31(15-18-6-1-4-11-23(18)28)25(29)17-7-5-10-20(12-17)33-16-32-19-8-2-3-9-19/h1,4-7,10-14,19,29H,2-3,8-9,15-16H2. The fourth-order valence-corrected chi connectivity index (χ4v) is 4.44. The minimum atomic E-state index is -0.377. The van der Waals surface area contributed by atoms with Crippen LogP contribution >= 0.6 is 23.2 Å². The number of halogens is 3. The molecule has 1 saturated carbocycles. The quantitative estimate of drug-likeness (QED) is 0.214. The van der Waals surface area contributed by atoms with E-state index >= 15 is 0 Å². The van der Waals surface area contributed by atoms with Crippen molar-refractivity contribution in [2.24, 2.45) is 0 Å². The number of anilines is 1.